The highest BCUT2D eigenvalue weighted by molar-refractivity contribution is 5.94. The fraction of sp³-hybridized carbons (Fsp3) is 0.700. The smallest absolute Gasteiger partial charge is 0.247 e. The van der Waals surface area contributed by atoms with Gasteiger partial charge >= 0.3 is 0 Å². The SMILES string of the molecule is CC(C(=O)NC1CCC1)=C1CNC1. The van der Waals surface area contributed by atoms with Gasteiger partial charge in [0.2, 0.25) is 5.91 Å². The molecule has 13 heavy (non-hydrogen) atoms. The number of carbonyl (C=O) groups excluding carboxylic acids is 1. The molecule has 0 aromatic rings. The Kier molecular flexibility index (Phi) is 2.36. The van der Waals surface area contributed by atoms with Crippen LogP contribution in [0.4, 0.5) is 0 Å². The molecule has 0 aromatic carbocycles. The van der Waals surface area contributed by atoms with Crippen molar-refractivity contribution < 1.29 is 4.79 Å². The van der Waals surface area contributed by atoms with Gasteiger partial charge in [-0.2, -0.15) is 0 Å². The second kappa shape index (κ2) is 3.50. The van der Waals surface area contributed by atoms with E-state index in [2.05, 4.69) is 10.6 Å². The summed E-state index contributed by atoms with van der Waals surface area (Å²) in [6.07, 6.45) is 3.58. The second-order valence-corrected chi connectivity index (χ2v) is 3.93. The van der Waals surface area contributed by atoms with Gasteiger partial charge in [0.1, 0.15) is 0 Å². The van der Waals surface area contributed by atoms with Gasteiger partial charge in [-0.25, -0.2) is 0 Å². The van der Waals surface area contributed by atoms with Gasteiger partial charge in [0.25, 0.3) is 0 Å². The fourth-order valence-corrected chi connectivity index (χ4v) is 1.52. The van der Waals surface area contributed by atoms with Crippen molar-refractivity contribution in [3.63, 3.8) is 0 Å². The van der Waals surface area contributed by atoms with E-state index >= 15 is 0 Å². The van der Waals surface area contributed by atoms with Crippen LogP contribution in [0, 0.1) is 0 Å². The molecule has 1 aliphatic heterocycles. The van der Waals surface area contributed by atoms with Gasteiger partial charge in [-0.05, 0) is 31.8 Å². The van der Waals surface area contributed by atoms with Gasteiger partial charge in [0, 0.05) is 24.7 Å². The summed E-state index contributed by atoms with van der Waals surface area (Å²) >= 11 is 0. The van der Waals surface area contributed by atoms with Crippen molar-refractivity contribution in [3.05, 3.63) is 11.1 Å². The number of carbonyl (C=O) groups is 1. The molecule has 1 saturated heterocycles. The molecule has 3 heteroatoms. The first kappa shape index (κ1) is 8.75. The number of amides is 1. The molecule has 2 N–H and O–H groups in total. The third kappa shape index (κ3) is 1.75. The molecule has 0 atom stereocenters. The maximum absolute atomic E-state index is 11.6. The van der Waals surface area contributed by atoms with Crippen molar-refractivity contribution >= 4 is 5.91 Å². The normalized spacial score (nSPS) is 21.8. The van der Waals surface area contributed by atoms with Gasteiger partial charge in [-0.1, -0.05) is 0 Å². The summed E-state index contributed by atoms with van der Waals surface area (Å²) in [7, 11) is 0. The van der Waals surface area contributed by atoms with Crippen molar-refractivity contribution in [2.75, 3.05) is 13.1 Å². The predicted molar refractivity (Wildman–Crippen MR) is 51.4 cm³/mol. The summed E-state index contributed by atoms with van der Waals surface area (Å²) in [5.41, 5.74) is 2.18. The first-order valence-corrected chi connectivity index (χ1v) is 4.97. The van der Waals surface area contributed by atoms with E-state index in [-0.39, 0.29) is 5.91 Å². The van der Waals surface area contributed by atoms with Crippen LogP contribution >= 0.6 is 0 Å². The molecular formula is C10H16N2O. The molecule has 0 unspecified atom stereocenters. The molecule has 1 heterocycles. The fourth-order valence-electron chi connectivity index (χ4n) is 1.52. The molecule has 2 fully saturated rings. The van der Waals surface area contributed by atoms with Crippen LogP contribution in [0.5, 0.6) is 0 Å². The minimum atomic E-state index is 0.140. The second-order valence-electron chi connectivity index (χ2n) is 3.93. The first-order chi connectivity index (χ1) is 6.27. The number of hydrogen-bond acceptors (Lipinski definition) is 2. The Morgan fingerprint density at radius 2 is 2.15 bits per heavy atom. The van der Waals surface area contributed by atoms with Gasteiger partial charge in [-0.15, -0.1) is 0 Å². The van der Waals surface area contributed by atoms with E-state index in [4.69, 9.17) is 0 Å². The van der Waals surface area contributed by atoms with E-state index in [1.807, 2.05) is 6.92 Å². The largest absolute Gasteiger partial charge is 0.350 e. The van der Waals surface area contributed by atoms with Crippen molar-refractivity contribution in [3.8, 4) is 0 Å². The third-order valence-electron chi connectivity index (χ3n) is 2.99. The van der Waals surface area contributed by atoms with Gasteiger partial charge < -0.3 is 10.6 Å². The average Bonchev–Trinajstić information content (AvgIpc) is 1.92. The highest BCUT2D eigenvalue weighted by Gasteiger charge is 2.22. The van der Waals surface area contributed by atoms with Crippen molar-refractivity contribution in [2.24, 2.45) is 0 Å². The van der Waals surface area contributed by atoms with Crippen LogP contribution in [0.2, 0.25) is 0 Å². The highest BCUT2D eigenvalue weighted by atomic mass is 16.1. The molecule has 0 bridgehead atoms. The lowest BCUT2D eigenvalue weighted by atomic mass is 9.92. The zero-order valence-electron chi connectivity index (χ0n) is 8.02. The zero-order valence-corrected chi connectivity index (χ0v) is 8.02. The minimum absolute atomic E-state index is 0.140. The Morgan fingerprint density at radius 1 is 1.46 bits per heavy atom. The van der Waals surface area contributed by atoms with Crippen LogP contribution in [0.15, 0.2) is 11.1 Å². The van der Waals surface area contributed by atoms with E-state index in [0.29, 0.717) is 6.04 Å². The van der Waals surface area contributed by atoms with Crippen molar-refractivity contribution in [1.29, 1.82) is 0 Å². The monoisotopic (exact) mass is 180 g/mol. The van der Waals surface area contributed by atoms with Gasteiger partial charge in [-0.3, -0.25) is 4.79 Å². The minimum Gasteiger partial charge on any atom is -0.350 e. The van der Waals surface area contributed by atoms with E-state index in [9.17, 15) is 4.79 Å². The molecule has 3 nitrogen and oxygen atoms in total. The van der Waals surface area contributed by atoms with Crippen LogP contribution < -0.4 is 10.6 Å². The molecule has 2 rings (SSSR count). The molecule has 2 aliphatic rings. The molecule has 1 aliphatic carbocycles. The molecule has 1 saturated carbocycles. The predicted octanol–water partition coefficient (Wildman–Crippen LogP) is 0.575. The average molecular weight is 180 g/mol. The Bertz CT molecular complexity index is 248. The molecule has 0 aromatic heterocycles. The highest BCUT2D eigenvalue weighted by Crippen LogP contribution is 2.19. The Hall–Kier alpha value is -0.830. The lowest BCUT2D eigenvalue weighted by Crippen LogP contribution is -2.42. The summed E-state index contributed by atoms with van der Waals surface area (Å²) in [5, 5.41) is 6.18. The summed E-state index contributed by atoms with van der Waals surface area (Å²) in [6.45, 7) is 3.71. The number of rotatable bonds is 2. The Balaban J connectivity index is 1.88. The maximum Gasteiger partial charge on any atom is 0.247 e. The summed E-state index contributed by atoms with van der Waals surface area (Å²) in [6, 6.07) is 0.455. The molecule has 72 valence electrons. The van der Waals surface area contributed by atoms with E-state index in [1.165, 1.54) is 12.0 Å². The summed E-state index contributed by atoms with van der Waals surface area (Å²) in [5.74, 6) is 0.140. The van der Waals surface area contributed by atoms with Crippen molar-refractivity contribution in [1.82, 2.24) is 10.6 Å². The maximum atomic E-state index is 11.6. The van der Waals surface area contributed by atoms with E-state index in [1.54, 1.807) is 0 Å². The van der Waals surface area contributed by atoms with Crippen LogP contribution in [0.1, 0.15) is 26.2 Å². The molecule has 1 amide bonds. The Labute approximate surface area is 78.6 Å². The molecule has 0 spiro atoms. The summed E-state index contributed by atoms with van der Waals surface area (Å²) in [4.78, 5) is 11.6. The Morgan fingerprint density at radius 3 is 2.54 bits per heavy atom. The number of hydrogen-bond donors (Lipinski definition) is 2. The van der Waals surface area contributed by atoms with Crippen LogP contribution in [-0.4, -0.2) is 25.0 Å². The topological polar surface area (TPSA) is 41.1 Å². The van der Waals surface area contributed by atoms with Crippen molar-refractivity contribution in [2.45, 2.75) is 32.2 Å². The lowest BCUT2D eigenvalue weighted by Gasteiger charge is -2.28. The quantitative estimate of drug-likeness (QED) is 0.610. The number of nitrogens with one attached hydrogen (secondary N) is 2. The zero-order chi connectivity index (χ0) is 9.26. The third-order valence-corrected chi connectivity index (χ3v) is 2.99. The van der Waals surface area contributed by atoms with Crippen LogP contribution in [-0.2, 0) is 4.79 Å². The van der Waals surface area contributed by atoms with E-state index in [0.717, 1.165) is 31.5 Å². The summed E-state index contributed by atoms with van der Waals surface area (Å²) < 4.78 is 0. The van der Waals surface area contributed by atoms with Crippen LogP contribution in [0.25, 0.3) is 0 Å². The van der Waals surface area contributed by atoms with Gasteiger partial charge in [0.15, 0.2) is 0 Å². The molecule has 0 radical (unpaired) electrons. The van der Waals surface area contributed by atoms with Crippen LogP contribution in [0.3, 0.4) is 0 Å². The molecular weight excluding hydrogens is 164 g/mol. The lowest BCUT2D eigenvalue weighted by molar-refractivity contribution is -0.118. The van der Waals surface area contributed by atoms with E-state index < -0.39 is 0 Å². The van der Waals surface area contributed by atoms with Gasteiger partial charge in [0.05, 0.1) is 0 Å². The standard InChI is InChI=1S/C10H16N2O/c1-7(8-5-11-6-8)10(13)12-9-3-2-4-9/h9,11H,2-6H2,1H3,(H,12,13). The first-order valence-electron chi connectivity index (χ1n) is 4.97.